The summed E-state index contributed by atoms with van der Waals surface area (Å²) < 4.78 is 24.9. The van der Waals surface area contributed by atoms with Crippen molar-refractivity contribution in [1.82, 2.24) is 14.6 Å². The van der Waals surface area contributed by atoms with Gasteiger partial charge in [0.2, 0.25) is 10.0 Å². The second kappa shape index (κ2) is 6.26. The molecule has 0 amide bonds. The number of hydrogen-bond donors (Lipinski definition) is 1. The number of pyridine rings is 1. The van der Waals surface area contributed by atoms with E-state index in [2.05, 4.69) is 10.3 Å². The van der Waals surface area contributed by atoms with Crippen LogP contribution in [0.15, 0.2) is 30.6 Å². The lowest BCUT2D eigenvalue weighted by molar-refractivity contribution is 0.359. The van der Waals surface area contributed by atoms with Gasteiger partial charge in [-0.1, -0.05) is 6.07 Å². The van der Waals surface area contributed by atoms with Crippen molar-refractivity contribution in [1.29, 1.82) is 0 Å². The lowest BCUT2D eigenvalue weighted by Crippen LogP contribution is -2.47. The van der Waals surface area contributed by atoms with E-state index in [0.29, 0.717) is 13.1 Å². The van der Waals surface area contributed by atoms with E-state index in [9.17, 15) is 8.42 Å². The highest BCUT2D eigenvalue weighted by atomic mass is 32.2. The second-order valence-electron chi connectivity index (χ2n) is 4.42. The van der Waals surface area contributed by atoms with Crippen LogP contribution < -0.4 is 5.32 Å². The molecule has 1 aromatic rings. The van der Waals surface area contributed by atoms with Crippen molar-refractivity contribution < 1.29 is 8.42 Å². The van der Waals surface area contributed by atoms with Gasteiger partial charge in [-0.2, -0.15) is 4.31 Å². The maximum atomic E-state index is 11.6. The summed E-state index contributed by atoms with van der Waals surface area (Å²) >= 11 is 0. The largest absolute Gasteiger partial charge is 0.314 e. The minimum absolute atomic E-state index is 0.0457. The summed E-state index contributed by atoms with van der Waals surface area (Å²) in [4.78, 5) is 3.78. The van der Waals surface area contributed by atoms with Gasteiger partial charge in [-0.25, -0.2) is 8.42 Å². The molecule has 1 aliphatic heterocycles. The molecule has 1 aliphatic carbocycles. The fourth-order valence-electron chi connectivity index (χ4n) is 1.79. The number of hydrogen-bond acceptors (Lipinski definition) is 4. The lowest BCUT2D eigenvalue weighted by Gasteiger charge is -2.26. The SMILES string of the molecule is O=S(=O)(C1CC1)N1CCNCC1.c1ccncc1. The molecule has 0 spiro atoms. The van der Waals surface area contributed by atoms with Gasteiger partial charge in [-0.3, -0.25) is 4.98 Å². The number of sulfonamides is 1. The molecule has 1 saturated heterocycles. The summed E-state index contributed by atoms with van der Waals surface area (Å²) in [5.74, 6) is 0. The van der Waals surface area contributed by atoms with Gasteiger partial charge in [0.25, 0.3) is 0 Å². The van der Waals surface area contributed by atoms with Crippen molar-refractivity contribution >= 4 is 10.0 Å². The molecule has 6 heteroatoms. The Hall–Kier alpha value is -0.980. The molecule has 18 heavy (non-hydrogen) atoms. The van der Waals surface area contributed by atoms with E-state index in [0.717, 1.165) is 25.9 Å². The topological polar surface area (TPSA) is 62.3 Å². The Morgan fingerprint density at radius 3 is 2.06 bits per heavy atom. The molecule has 0 atom stereocenters. The monoisotopic (exact) mass is 269 g/mol. The quantitative estimate of drug-likeness (QED) is 0.847. The van der Waals surface area contributed by atoms with Crippen molar-refractivity contribution in [3.05, 3.63) is 30.6 Å². The zero-order valence-corrected chi connectivity index (χ0v) is 11.1. The summed E-state index contributed by atoms with van der Waals surface area (Å²) in [5, 5.41) is 3.09. The molecular weight excluding hydrogens is 250 g/mol. The summed E-state index contributed by atoms with van der Waals surface area (Å²) in [6.07, 6.45) is 5.23. The molecule has 5 nitrogen and oxygen atoms in total. The molecular formula is C12H19N3O2S. The second-order valence-corrected chi connectivity index (χ2v) is 6.63. The zero-order valence-electron chi connectivity index (χ0n) is 10.3. The Bertz CT molecular complexity index is 413. The first kappa shape index (κ1) is 13.5. The molecule has 1 N–H and O–H groups in total. The van der Waals surface area contributed by atoms with Gasteiger partial charge in [-0.15, -0.1) is 0 Å². The lowest BCUT2D eigenvalue weighted by atomic mass is 10.4. The van der Waals surface area contributed by atoms with Crippen LogP contribution in [0.25, 0.3) is 0 Å². The Kier molecular flexibility index (Phi) is 4.68. The highest BCUT2D eigenvalue weighted by molar-refractivity contribution is 7.90. The Labute approximate surface area is 108 Å². The standard InChI is InChI=1S/C7H14N2O2S.C5H5N/c10-12(11,7-1-2-7)9-5-3-8-4-6-9;1-2-4-6-5-3-1/h7-8H,1-6H2;1-5H. The molecule has 0 unspecified atom stereocenters. The van der Waals surface area contributed by atoms with E-state index in [1.165, 1.54) is 0 Å². The Balaban J connectivity index is 0.000000169. The number of piperazine rings is 1. The van der Waals surface area contributed by atoms with Gasteiger partial charge in [0, 0.05) is 38.6 Å². The Morgan fingerprint density at radius 2 is 1.67 bits per heavy atom. The average molecular weight is 269 g/mol. The maximum absolute atomic E-state index is 11.6. The number of rotatable bonds is 2. The van der Waals surface area contributed by atoms with Crippen molar-refractivity contribution in [2.24, 2.45) is 0 Å². The van der Waals surface area contributed by atoms with Gasteiger partial charge in [0.05, 0.1) is 5.25 Å². The molecule has 2 heterocycles. The summed E-state index contributed by atoms with van der Waals surface area (Å²) in [6.45, 7) is 2.90. The van der Waals surface area contributed by atoms with E-state index >= 15 is 0 Å². The third kappa shape index (κ3) is 3.76. The van der Waals surface area contributed by atoms with Crippen LogP contribution in [-0.4, -0.2) is 49.1 Å². The van der Waals surface area contributed by atoms with E-state index < -0.39 is 10.0 Å². The third-order valence-electron chi connectivity index (χ3n) is 2.95. The van der Waals surface area contributed by atoms with Gasteiger partial charge in [0.15, 0.2) is 0 Å². The first-order valence-corrected chi connectivity index (χ1v) is 7.76. The predicted molar refractivity (Wildman–Crippen MR) is 70.6 cm³/mol. The molecule has 1 aromatic heterocycles. The van der Waals surface area contributed by atoms with Gasteiger partial charge in [0.1, 0.15) is 0 Å². The van der Waals surface area contributed by atoms with E-state index in [-0.39, 0.29) is 5.25 Å². The predicted octanol–water partition coefficient (Wildman–Crippen LogP) is 0.465. The summed E-state index contributed by atoms with van der Waals surface area (Å²) in [7, 11) is -2.90. The van der Waals surface area contributed by atoms with Crippen LogP contribution in [0.1, 0.15) is 12.8 Å². The number of nitrogens with zero attached hydrogens (tertiary/aromatic N) is 2. The van der Waals surface area contributed by atoms with E-state index in [1.54, 1.807) is 16.7 Å². The van der Waals surface area contributed by atoms with Gasteiger partial charge >= 0.3 is 0 Å². The zero-order chi connectivity index (χ0) is 12.8. The van der Waals surface area contributed by atoms with Crippen LogP contribution in [0.2, 0.25) is 0 Å². The van der Waals surface area contributed by atoms with Crippen molar-refractivity contribution in [2.45, 2.75) is 18.1 Å². The molecule has 0 radical (unpaired) electrons. The molecule has 3 rings (SSSR count). The minimum Gasteiger partial charge on any atom is -0.314 e. The van der Waals surface area contributed by atoms with Crippen LogP contribution >= 0.6 is 0 Å². The van der Waals surface area contributed by atoms with Crippen LogP contribution in [0, 0.1) is 0 Å². The van der Waals surface area contributed by atoms with Crippen molar-refractivity contribution in [3.63, 3.8) is 0 Å². The Morgan fingerprint density at radius 1 is 1.06 bits per heavy atom. The van der Waals surface area contributed by atoms with Crippen LogP contribution in [0.3, 0.4) is 0 Å². The molecule has 0 aromatic carbocycles. The van der Waals surface area contributed by atoms with E-state index in [4.69, 9.17) is 0 Å². The molecule has 1 saturated carbocycles. The highest BCUT2D eigenvalue weighted by Gasteiger charge is 2.40. The van der Waals surface area contributed by atoms with Crippen LogP contribution in [0.4, 0.5) is 0 Å². The number of nitrogens with one attached hydrogen (secondary N) is 1. The smallest absolute Gasteiger partial charge is 0.217 e. The maximum Gasteiger partial charge on any atom is 0.217 e. The first-order valence-electron chi connectivity index (χ1n) is 6.26. The summed E-state index contributed by atoms with van der Waals surface area (Å²) in [6, 6.07) is 5.72. The fourth-order valence-corrected chi connectivity index (χ4v) is 3.63. The fraction of sp³-hybridized carbons (Fsp3) is 0.583. The van der Waals surface area contributed by atoms with Crippen LogP contribution in [-0.2, 0) is 10.0 Å². The molecule has 2 aliphatic rings. The minimum atomic E-state index is -2.90. The highest BCUT2D eigenvalue weighted by Crippen LogP contribution is 2.30. The normalized spacial score (nSPS) is 20.9. The van der Waals surface area contributed by atoms with E-state index in [1.807, 2.05) is 18.2 Å². The number of aromatic nitrogens is 1. The first-order chi connectivity index (χ1) is 8.71. The molecule has 0 bridgehead atoms. The third-order valence-corrected chi connectivity index (χ3v) is 5.35. The molecule has 2 fully saturated rings. The van der Waals surface area contributed by atoms with Crippen molar-refractivity contribution in [3.8, 4) is 0 Å². The summed E-state index contributed by atoms with van der Waals surface area (Å²) in [5.41, 5.74) is 0. The van der Waals surface area contributed by atoms with Crippen LogP contribution in [0.5, 0.6) is 0 Å². The van der Waals surface area contributed by atoms with Gasteiger partial charge in [-0.05, 0) is 25.0 Å². The van der Waals surface area contributed by atoms with Gasteiger partial charge < -0.3 is 5.32 Å². The average Bonchev–Trinajstić information content (AvgIpc) is 3.27. The molecule has 100 valence electrons. The van der Waals surface area contributed by atoms with Crippen molar-refractivity contribution in [2.75, 3.05) is 26.2 Å².